The Kier molecular flexibility index (Phi) is 3.50. The second kappa shape index (κ2) is 5.27. The van der Waals surface area contributed by atoms with E-state index in [1.54, 1.807) is 0 Å². The highest BCUT2D eigenvalue weighted by atomic mass is 19.1. The van der Waals surface area contributed by atoms with Crippen LogP contribution in [0.25, 0.3) is 0 Å². The molecular weight excluding hydrogens is 229 g/mol. The molecule has 1 heterocycles. The normalized spacial score (nSPS) is 25.7. The topological polar surface area (TPSA) is 21.3 Å². The van der Waals surface area contributed by atoms with Crippen LogP contribution in [-0.2, 0) is 0 Å². The zero-order chi connectivity index (χ0) is 12.4. The minimum absolute atomic E-state index is 0.106. The third kappa shape index (κ3) is 2.83. The van der Waals surface area contributed by atoms with Crippen molar-refractivity contribution < 1.29 is 9.13 Å². The number of halogens is 1. The highest BCUT2D eigenvalue weighted by Crippen LogP contribution is 2.34. The minimum Gasteiger partial charge on any atom is -0.490 e. The molecule has 1 aromatic rings. The van der Waals surface area contributed by atoms with Crippen LogP contribution in [0.3, 0.4) is 0 Å². The van der Waals surface area contributed by atoms with E-state index in [2.05, 4.69) is 5.32 Å². The summed E-state index contributed by atoms with van der Waals surface area (Å²) in [7, 11) is 0. The molecule has 0 bridgehead atoms. The molecule has 98 valence electrons. The molecule has 2 nitrogen and oxygen atoms in total. The Morgan fingerprint density at radius 3 is 2.89 bits per heavy atom. The number of piperidine rings is 1. The molecule has 1 N–H and O–H groups in total. The van der Waals surface area contributed by atoms with Crippen LogP contribution in [0.15, 0.2) is 24.3 Å². The van der Waals surface area contributed by atoms with Crippen molar-refractivity contribution in [2.75, 3.05) is 13.1 Å². The van der Waals surface area contributed by atoms with E-state index in [0.29, 0.717) is 6.10 Å². The molecule has 0 spiro atoms. The fraction of sp³-hybridized carbons (Fsp3) is 0.600. The monoisotopic (exact) mass is 249 g/mol. The molecule has 3 heteroatoms. The summed E-state index contributed by atoms with van der Waals surface area (Å²) in [5.74, 6) is 0.927. The van der Waals surface area contributed by atoms with Crippen molar-refractivity contribution in [3.05, 3.63) is 29.8 Å². The Hall–Kier alpha value is -1.09. The maximum Gasteiger partial charge on any atom is 0.129 e. The quantitative estimate of drug-likeness (QED) is 0.884. The zero-order valence-electron chi connectivity index (χ0n) is 10.6. The van der Waals surface area contributed by atoms with E-state index >= 15 is 0 Å². The first kappa shape index (κ1) is 12.0. The summed E-state index contributed by atoms with van der Waals surface area (Å²) in [4.78, 5) is 0. The summed E-state index contributed by atoms with van der Waals surface area (Å²) < 4.78 is 20.2. The number of hydrogen-bond acceptors (Lipinski definition) is 2. The van der Waals surface area contributed by atoms with Gasteiger partial charge in [-0.1, -0.05) is 12.1 Å². The third-order valence-corrected chi connectivity index (χ3v) is 3.75. The van der Waals surface area contributed by atoms with Gasteiger partial charge >= 0.3 is 0 Å². The van der Waals surface area contributed by atoms with Crippen molar-refractivity contribution in [1.29, 1.82) is 0 Å². The second-order valence-electron chi connectivity index (χ2n) is 5.40. The van der Waals surface area contributed by atoms with Gasteiger partial charge in [0.15, 0.2) is 0 Å². The summed E-state index contributed by atoms with van der Waals surface area (Å²) in [5, 5.41) is 3.27. The van der Waals surface area contributed by atoms with E-state index < -0.39 is 6.17 Å². The predicted octanol–water partition coefficient (Wildman–Crippen LogP) is 3.24. The van der Waals surface area contributed by atoms with Crippen molar-refractivity contribution in [1.82, 2.24) is 5.32 Å². The van der Waals surface area contributed by atoms with Gasteiger partial charge in [-0.15, -0.1) is 0 Å². The highest BCUT2D eigenvalue weighted by Gasteiger charge is 2.26. The number of nitrogens with one attached hydrogen (secondary N) is 1. The van der Waals surface area contributed by atoms with Gasteiger partial charge in [-0.3, -0.25) is 0 Å². The van der Waals surface area contributed by atoms with Crippen LogP contribution >= 0.6 is 0 Å². The van der Waals surface area contributed by atoms with Gasteiger partial charge in [0.05, 0.1) is 6.10 Å². The van der Waals surface area contributed by atoms with E-state index in [4.69, 9.17) is 4.74 Å². The standard InChI is InChI=1S/C15H20FNO/c16-15(12-4-2-8-17-10-12)11-3-1-5-14(9-11)18-13-6-7-13/h1,3,5,9,12-13,15,17H,2,4,6-8,10H2. The molecule has 0 aromatic heterocycles. The molecule has 2 fully saturated rings. The fourth-order valence-electron chi connectivity index (χ4n) is 2.54. The van der Waals surface area contributed by atoms with Crippen molar-refractivity contribution in [2.24, 2.45) is 5.92 Å². The van der Waals surface area contributed by atoms with Gasteiger partial charge in [0, 0.05) is 12.5 Å². The molecule has 3 rings (SSSR count). The first-order valence-corrected chi connectivity index (χ1v) is 6.94. The number of alkyl halides is 1. The smallest absolute Gasteiger partial charge is 0.129 e. The summed E-state index contributed by atoms with van der Waals surface area (Å²) in [6.45, 7) is 1.81. The maximum absolute atomic E-state index is 14.5. The van der Waals surface area contributed by atoms with E-state index in [1.165, 1.54) is 0 Å². The predicted molar refractivity (Wildman–Crippen MR) is 69.5 cm³/mol. The molecule has 18 heavy (non-hydrogen) atoms. The maximum atomic E-state index is 14.5. The second-order valence-corrected chi connectivity index (χ2v) is 5.40. The number of rotatable bonds is 4. The van der Waals surface area contributed by atoms with Crippen LogP contribution in [0.4, 0.5) is 4.39 Å². The average molecular weight is 249 g/mol. The number of hydrogen-bond donors (Lipinski definition) is 1. The van der Waals surface area contributed by atoms with Gasteiger partial charge < -0.3 is 10.1 Å². The molecule has 1 aliphatic carbocycles. The van der Waals surface area contributed by atoms with Crippen LogP contribution in [0, 0.1) is 5.92 Å². The van der Waals surface area contributed by atoms with Crippen LogP contribution in [-0.4, -0.2) is 19.2 Å². The minimum atomic E-state index is -0.874. The molecule has 1 aromatic carbocycles. The molecule has 0 radical (unpaired) electrons. The Bertz CT molecular complexity index is 399. The molecule has 1 saturated heterocycles. The Morgan fingerprint density at radius 1 is 1.28 bits per heavy atom. The fourth-order valence-corrected chi connectivity index (χ4v) is 2.54. The molecule has 2 unspecified atom stereocenters. The van der Waals surface area contributed by atoms with Crippen LogP contribution in [0.5, 0.6) is 5.75 Å². The lowest BCUT2D eigenvalue weighted by Gasteiger charge is -2.26. The van der Waals surface area contributed by atoms with E-state index in [9.17, 15) is 4.39 Å². The lowest BCUT2D eigenvalue weighted by molar-refractivity contribution is 0.194. The first-order chi connectivity index (χ1) is 8.83. The summed E-state index contributed by atoms with van der Waals surface area (Å²) in [5.41, 5.74) is 0.766. The highest BCUT2D eigenvalue weighted by molar-refractivity contribution is 5.30. The zero-order valence-corrected chi connectivity index (χ0v) is 10.6. The van der Waals surface area contributed by atoms with Crippen molar-refractivity contribution in [2.45, 2.75) is 38.0 Å². The van der Waals surface area contributed by atoms with Gasteiger partial charge in [0.2, 0.25) is 0 Å². The Morgan fingerprint density at radius 2 is 2.17 bits per heavy atom. The van der Waals surface area contributed by atoms with Gasteiger partial charge in [-0.25, -0.2) is 4.39 Å². The van der Waals surface area contributed by atoms with Crippen molar-refractivity contribution >= 4 is 0 Å². The number of benzene rings is 1. The van der Waals surface area contributed by atoms with E-state index in [1.807, 2.05) is 24.3 Å². The van der Waals surface area contributed by atoms with Gasteiger partial charge in [-0.05, 0) is 49.9 Å². The SMILES string of the molecule is FC(c1cccc(OC2CC2)c1)C1CCCNC1. The van der Waals surface area contributed by atoms with Gasteiger partial charge in [0.1, 0.15) is 11.9 Å². The van der Waals surface area contributed by atoms with E-state index in [0.717, 1.165) is 50.1 Å². The number of ether oxygens (including phenoxy) is 1. The molecule has 1 aliphatic heterocycles. The third-order valence-electron chi connectivity index (χ3n) is 3.75. The van der Waals surface area contributed by atoms with E-state index in [-0.39, 0.29) is 5.92 Å². The summed E-state index contributed by atoms with van der Waals surface area (Å²) >= 11 is 0. The molecule has 2 atom stereocenters. The first-order valence-electron chi connectivity index (χ1n) is 6.94. The lowest BCUT2D eigenvalue weighted by Crippen LogP contribution is -2.32. The Balaban J connectivity index is 1.69. The largest absolute Gasteiger partial charge is 0.490 e. The Labute approximate surface area is 108 Å². The molecule has 0 amide bonds. The average Bonchev–Trinajstić information content (AvgIpc) is 3.23. The van der Waals surface area contributed by atoms with Gasteiger partial charge in [0.25, 0.3) is 0 Å². The molecule has 1 saturated carbocycles. The van der Waals surface area contributed by atoms with Gasteiger partial charge in [-0.2, -0.15) is 0 Å². The molecular formula is C15H20FNO. The van der Waals surface area contributed by atoms with Crippen LogP contribution in [0.1, 0.15) is 37.4 Å². The summed E-state index contributed by atoms with van der Waals surface area (Å²) in [6, 6.07) is 7.57. The van der Waals surface area contributed by atoms with Crippen molar-refractivity contribution in [3.8, 4) is 5.75 Å². The summed E-state index contributed by atoms with van der Waals surface area (Å²) in [6.07, 6.45) is 3.81. The van der Waals surface area contributed by atoms with Crippen LogP contribution in [0.2, 0.25) is 0 Å². The molecule has 2 aliphatic rings. The lowest BCUT2D eigenvalue weighted by atomic mass is 9.90. The van der Waals surface area contributed by atoms with Crippen LogP contribution < -0.4 is 10.1 Å². The van der Waals surface area contributed by atoms with Crippen molar-refractivity contribution in [3.63, 3.8) is 0 Å².